The molecule has 0 aromatic carbocycles. The second-order valence-corrected chi connectivity index (χ2v) is 5.47. The van der Waals surface area contributed by atoms with Crippen molar-refractivity contribution in [3.05, 3.63) is 0 Å². The fourth-order valence-corrected chi connectivity index (χ4v) is 2.11. The molecule has 1 rings (SSSR count). The van der Waals surface area contributed by atoms with Gasteiger partial charge < -0.3 is 20.6 Å². The standard InChI is InChI=1S/C13H25N3O3/c1-4-13(2,11(17)18)9-15-12(19)16(3)10-5-7-14-8-6-10/h10,14H,4-9H2,1-3H3,(H,15,19)(H,17,18). The normalized spacial score (nSPS) is 19.5. The van der Waals surface area contributed by atoms with E-state index in [2.05, 4.69) is 10.6 Å². The number of carboxylic acid groups (broad SMARTS) is 1. The molecule has 0 aromatic rings. The van der Waals surface area contributed by atoms with Crippen LogP contribution in [0.3, 0.4) is 0 Å². The Morgan fingerprint density at radius 2 is 2.00 bits per heavy atom. The van der Waals surface area contributed by atoms with Crippen LogP contribution in [0.2, 0.25) is 0 Å². The third kappa shape index (κ3) is 4.09. The van der Waals surface area contributed by atoms with Gasteiger partial charge in [-0.15, -0.1) is 0 Å². The molecule has 1 heterocycles. The molecule has 1 unspecified atom stereocenters. The van der Waals surface area contributed by atoms with Crippen LogP contribution in [0.4, 0.5) is 4.79 Å². The molecule has 1 saturated heterocycles. The van der Waals surface area contributed by atoms with Crippen LogP contribution in [0.5, 0.6) is 0 Å². The molecule has 2 amide bonds. The molecule has 110 valence electrons. The number of piperidine rings is 1. The molecule has 0 radical (unpaired) electrons. The molecule has 0 aromatic heterocycles. The van der Waals surface area contributed by atoms with Gasteiger partial charge in [-0.05, 0) is 39.3 Å². The Balaban J connectivity index is 2.47. The van der Waals surface area contributed by atoms with Gasteiger partial charge in [-0.1, -0.05) is 6.92 Å². The zero-order valence-corrected chi connectivity index (χ0v) is 12.0. The fourth-order valence-electron chi connectivity index (χ4n) is 2.11. The van der Waals surface area contributed by atoms with Crippen molar-refractivity contribution in [2.75, 3.05) is 26.7 Å². The molecule has 1 fully saturated rings. The maximum Gasteiger partial charge on any atom is 0.317 e. The van der Waals surface area contributed by atoms with Crippen LogP contribution in [-0.2, 0) is 4.79 Å². The minimum atomic E-state index is -0.898. The summed E-state index contributed by atoms with van der Waals surface area (Å²) in [7, 11) is 1.77. The second kappa shape index (κ2) is 6.75. The molecule has 1 atom stereocenters. The van der Waals surface area contributed by atoms with Crippen molar-refractivity contribution >= 4 is 12.0 Å². The Morgan fingerprint density at radius 3 is 2.47 bits per heavy atom. The average Bonchev–Trinajstić information content (AvgIpc) is 2.44. The summed E-state index contributed by atoms with van der Waals surface area (Å²) in [5, 5.41) is 15.2. The predicted molar refractivity (Wildman–Crippen MR) is 73.1 cm³/mol. The highest BCUT2D eigenvalue weighted by Gasteiger charge is 2.32. The van der Waals surface area contributed by atoms with E-state index in [1.807, 2.05) is 6.92 Å². The van der Waals surface area contributed by atoms with E-state index in [4.69, 9.17) is 5.11 Å². The number of urea groups is 1. The molecule has 3 N–H and O–H groups in total. The molecule has 0 spiro atoms. The predicted octanol–water partition coefficient (Wildman–Crippen LogP) is 0.881. The Kier molecular flexibility index (Phi) is 5.60. The number of amides is 2. The van der Waals surface area contributed by atoms with Gasteiger partial charge >= 0.3 is 12.0 Å². The third-order valence-corrected chi connectivity index (χ3v) is 4.10. The highest BCUT2D eigenvalue weighted by atomic mass is 16.4. The van der Waals surface area contributed by atoms with E-state index in [-0.39, 0.29) is 18.6 Å². The van der Waals surface area contributed by atoms with Crippen LogP contribution in [0, 0.1) is 5.41 Å². The number of nitrogens with one attached hydrogen (secondary N) is 2. The number of hydrogen-bond acceptors (Lipinski definition) is 3. The van der Waals surface area contributed by atoms with E-state index in [1.165, 1.54) is 0 Å². The summed E-state index contributed by atoms with van der Waals surface area (Å²) in [6.45, 7) is 5.47. The summed E-state index contributed by atoms with van der Waals surface area (Å²) in [5.74, 6) is -0.875. The van der Waals surface area contributed by atoms with Crippen molar-refractivity contribution in [3.8, 4) is 0 Å². The molecule has 0 saturated carbocycles. The molecule has 6 nitrogen and oxygen atoms in total. The molecular formula is C13H25N3O3. The van der Waals surface area contributed by atoms with Crippen LogP contribution >= 0.6 is 0 Å². The molecule has 0 aliphatic carbocycles. The van der Waals surface area contributed by atoms with Gasteiger partial charge in [-0.3, -0.25) is 4.79 Å². The number of nitrogens with zero attached hydrogens (tertiary/aromatic N) is 1. The van der Waals surface area contributed by atoms with Gasteiger partial charge in [-0.2, -0.15) is 0 Å². The van der Waals surface area contributed by atoms with E-state index in [1.54, 1.807) is 18.9 Å². The van der Waals surface area contributed by atoms with Crippen molar-refractivity contribution in [2.24, 2.45) is 5.41 Å². The first-order valence-corrected chi connectivity index (χ1v) is 6.85. The first kappa shape index (κ1) is 15.8. The summed E-state index contributed by atoms with van der Waals surface area (Å²) < 4.78 is 0. The maximum absolute atomic E-state index is 12.0. The highest BCUT2D eigenvalue weighted by molar-refractivity contribution is 5.77. The van der Waals surface area contributed by atoms with Crippen molar-refractivity contribution in [2.45, 2.75) is 39.2 Å². The van der Waals surface area contributed by atoms with Crippen LogP contribution in [-0.4, -0.2) is 54.7 Å². The van der Waals surface area contributed by atoms with Crippen LogP contribution in [0.1, 0.15) is 33.1 Å². The molecule has 19 heavy (non-hydrogen) atoms. The van der Waals surface area contributed by atoms with E-state index < -0.39 is 11.4 Å². The Morgan fingerprint density at radius 1 is 1.42 bits per heavy atom. The lowest BCUT2D eigenvalue weighted by atomic mass is 9.88. The zero-order chi connectivity index (χ0) is 14.5. The average molecular weight is 271 g/mol. The van der Waals surface area contributed by atoms with Crippen LogP contribution in [0.15, 0.2) is 0 Å². The van der Waals surface area contributed by atoms with Crippen molar-refractivity contribution in [1.82, 2.24) is 15.5 Å². The smallest absolute Gasteiger partial charge is 0.317 e. The Bertz CT molecular complexity index is 329. The minimum Gasteiger partial charge on any atom is -0.481 e. The number of carbonyl (C=O) groups is 2. The third-order valence-electron chi connectivity index (χ3n) is 4.10. The maximum atomic E-state index is 12.0. The van der Waals surface area contributed by atoms with Gasteiger partial charge in [0.25, 0.3) is 0 Å². The van der Waals surface area contributed by atoms with Gasteiger partial charge in [0.05, 0.1) is 5.41 Å². The SMILES string of the molecule is CCC(C)(CNC(=O)N(C)C1CCNCC1)C(=O)O. The van der Waals surface area contributed by atoms with E-state index in [0.717, 1.165) is 25.9 Å². The van der Waals surface area contributed by atoms with Gasteiger partial charge in [0.15, 0.2) is 0 Å². The fraction of sp³-hybridized carbons (Fsp3) is 0.846. The summed E-state index contributed by atoms with van der Waals surface area (Å²) in [4.78, 5) is 24.9. The van der Waals surface area contributed by atoms with Crippen LogP contribution < -0.4 is 10.6 Å². The van der Waals surface area contributed by atoms with Gasteiger partial charge in [0.2, 0.25) is 0 Å². The topological polar surface area (TPSA) is 81.7 Å². The number of carbonyl (C=O) groups excluding carboxylic acids is 1. The van der Waals surface area contributed by atoms with E-state index >= 15 is 0 Å². The van der Waals surface area contributed by atoms with Gasteiger partial charge in [0.1, 0.15) is 0 Å². The number of aliphatic carboxylic acids is 1. The molecule has 1 aliphatic heterocycles. The summed E-state index contributed by atoms with van der Waals surface area (Å²) >= 11 is 0. The monoisotopic (exact) mass is 271 g/mol. The van der Waals surface area contributed by atoms with Gasteiger partial charge in [0, 0.05) is 19.6 Å². The lowest BCUT2D eigenvalue weighted by Crippen LogP contribution is -2.50. The quantitative estimate of drug-likeness (QED) is 0.693. The van der Waals surface area contributed by atoms with Crippen molar-refractivity contribution in [3.63, 3.8) is 0 Å². The largest absolute Gasteiger partial charge is 0.481 e. The summed E-state index contributed by atoms with van der Waals surface area (Å²) in [6.07, 6.45) is 2.36. The molecule has 6 heteroatoms. The number of carboxylic acids is 1. The zero-order valence-electron chi connectivity index (χ0n) is 12.0. The van der Waals surface area contributed by atoms with Crippen molar-refractivity contribution in [1.29, 1.82) is 0 Å². The number of rotatable bonds is 5. The number of hydrogen-bond donors (Lipinski definition) is 3. The van der Waals surface area contributed by atoms with Crippen molar-refractivity contribution < 1.29 is 14.7 Å². The summed E-state index contributed by atoms with van der Waals surface area (Å²) in [6, 6.07) is 0.0479. The van der Waals surface area contributed by atoms with E-state index in [0.29, 0.717) is 6.42 Å². The Hall–Kier alpha value is -1.30. The molecular weight excluding hydrogens is 246 g/mol. The first-order valence-electron chi connectivity index (χ1n) is 6.85. The lowest BCUT2D eigenvalue weighted by molar-refractivity contribution is -0.147. The molecule has 0 bridgehead atoms. The van der Waals surface area contributed by atoms with Gasteiger partial charge in [-0.25, -0.2) is 4.79 Å². The Labute approximate surface area is 114 Å². The second-order valence-electron chi connectivity index (χ2n) is 5.47. The van der Waals surface area contributed by atoms with Crippen LogP contribution in [0.25, 0.3) is 0 Å². The highest BCUT2D eigenvalue weighted by Crippen LogP contribution is 2.20. The molecule has 1 aliphatic rings. The first-order chi connectivity index (χ1) is 8.90. The van der Waals surface area contributed by atoms with E-state index in [9.17, 15) is 9.59 Å². The lowest BCUT2D eigenvalue weighted by Gasteiger charge is -2.33. The minimum absolute atomic E-state index is 0.160. The summed E-state index contributed by atoms with van der Waals surface area (Å²) in [5.41, 5.74) is -0.898.